The number of hydrogen-bond donors (Lipinski definition) is 2. The van der Waals surface area contributed by atoms with Crippen molar-refractivity contribution in [1.29, 1.82) is 0 Å². The summed E-state index contributed by atoms with van der Waals surface area (Å²) in [7, 11) is 0. The quantitative estimate of drug-likeness (QED) is 0.785. The maximum absolute atomic E-state index is 12.3. The zero-order valence-electron chi connectivity index (χ0n) is 10.6. The number of carbonyl (C=O) groups excluding carboxylic acids is 1. The third-order valence-corrected chi connectivity index (χ3v) is 3.34. The highest BCUT2D eigenvalue weighted by Crippen LogP contribution is 2.39. The first kappa shape index (κ1) is 17.6. The van der Waals surface area contributed by atoms with Gasteiger partial charge in [0, 0.05) is 6.04 Å². The standard InChI is InChI=1S/C11H13F6NO3/c12-10(13,14)7(11(15,16)17)8(19)18-6-3-1-5(2-4-6)9(20)21/h5-7H,1-4H2,(H,18,19)(H,20,21). The fourth-order valence-electron chi connectivity index (χ4n) is 2.25. The number of amides is 1. The van der Waals surface area contributed by atoms with Crippen LogP contribution in [0.5, 0.6) is 0 Å². The Labute approximate surface area is 115 Å². The van der Waals surface area contributed by atoms with Crippen LogP contribution in [0.1, 0.15) is 25.7 Å². The number of aliphatic carboxylic acids is 1. The number of carboxylic acids is 1. The molecule has 0 bridgehead atoms. The Morgan fingerprint density at radius 3 is 1.71 bits per heavy atom. The van der Waals surface area contributed by atoms with E-state index in [0.29, 0.717) is 0 Å². The van der Waals surface area contributed by atoms with Gasteiger partial charge in [-0.3, -0.25) is 9.59 Å². The van der Waals surface area contributed by atoms with Crippen molar-refractivity contribution in [3.63, 3.8) is 0 Å². The Balaban J connectivity index is 2.66. The second-order valence-electron chi connectivity index (χ2n) is 4.91. The number of halogens is 6. The van der Waals surface area contributed by atoms with Gasteiger partial charge in [-0.2, -0.15) is 26.3 Å². The molecule has 0 unspecified atom stereocenters. The molecule has 0 aliphatic heterocycles. The van der Waals surface area contributed by atoms with Crippen molar-refractivity contribution in [3.05, 3.63) is 0 Å². The van der Waals surface area contributed by atoms with E-state index in [-0.39, 0.29) is 25.7 Å². The van der Waals surface area contributed by atoms with Gasteiger partial charge in [-0.1, -0.05) is 0 Å². The topological polar surface area (TPSA) is 66.4 Å². The summed E-state index contributed by atoms with van der Waals surface area (Å²) in [6, 6.07) is -0.875. The van der Waals surface area contributed by atoms with Gasteiger partial charge in [0.2, 0.25) is 11.8 Å². The molecule has 122 valence electrons. The average Bonchev–Trinajstić information content (AvgIpc) is 2.25. The number of rotatable bonds is 3. The largest absolute Gasteiger partial charge is 0.481 e. The molecule has 0 aromatic rings. The average molecular weight is 321 g/mol. The van der Waals surface area contributed by atoms with Crippen LogP contribution in [0.25, 0.3) is 0 Å². The monoisotopic (exact) mass is 321 g/mol. The van der Waals surface area contributed by atoms with Crippen molar-refractivity contribution in [3.8, 4) is 0 Å². The molecular weight excluding hydrogens is 308 g/mol. The predicted octanol–water partition coefficient (Wildman–Crippen LogP) is 2.49. The first-order valence-corrected chi connectivity index (χ1v) is 6.09. The van der Waals surface area contributed by atoms with Gasteiger partial charge < -0.3 is 10.4 Å². The lowest BCUT2D eigenvalue weighted by Gasteiger charge is -2.29. The minimum absolute atomic E-state index is 0.0329. The van der Waals surface area contributed by atoms with Crippen LogP contribution < -0.4 is 5.32 Å². The fourth-order valence-corrected chi connectivity index (χ4v) is 2.25. The van der Waals surface area contributed by atoms with Gasteiger partial charge in [0.15, 0.2) is 0 Å². The molecule has 0 heterocycles. The minimum Gasteiger partial charge on any atom is -0.481 e. The van der Waals surface area contributed by atoms with Crippen LogP contribution in [-0.2, 0) is 9.59 Å². The molecular formula is C11H13F6NO3. The molecule has 0 aromatic heterocycles. The Morgan fingerprint density at radius 1 is 0.952 bits per heavy atom. The van der Waals surface area contributed by atoms with Crippen molar-refractivity contribution >= 4 is 11.9 Å². The molecule has 0 atom stereocenters. The van der Waals surface area contributed by atoms with Crippen molar-refractivity contribution < 1.29 is 41.0 Å². The van der Waals surface area contributed by atoms with Gasteiger partial charge in [-0.05, 0) is 25.7 Å². The van der Waals surface area contributed by atoms with Crippen molar-refractivity contribution in [2.45, 2.75) is 44.1 Å². The molecule has 10 heteroatoms. The Bertz CT molecular complexity index is 384. The first-order chi connectivity index (χ1) is 9.43. The van der Waals surface area contributed by atoms with Gasteiger partial charge in [-0.15, -0.1) is 0 Å². The molecule has 0 aromatic carbocycles. The maximum Gasteiger partial charge on any atom is 0.409 e. The summed E-state index contributed by atoms with van der Waals surface area (Å²) in [6.45, 7) is 0. The zero-order valence-corrected chi connectivity index (χ0v) is 10.6. The van der Waals surface area contributed by atoms with E-state index in [9.17, 15) is 35.9 Å². The zero-order chi connectivity index (χ0) is 16.4. The lowest BCUT2D eigenvalue weighted by atomic mass is 9.86. The summed E-state index contributed by atoms with van der Waals surface area (Å²) in [5.74, 6) is -7.96. The van der Waals surface area contributed by atoms with E-state index in [4.69, 9.17) is 5.11 Å². The fraction of sp³-hybridized carbons (Fsp3) is 0.818. The van der Waals surface area contributed by atoms with E-state index >= 15 is 0 Å². The molecule has 4 nitrogen and oxygen atoms in total. The van der Waals surface area contributed by atoms with E-state index in [1.165, 1.54) is 0 Å². The Hall–Kier alpha value is -1.48. The van der Waals surface area contributed by atoms with Crippen LogP contribution in [0.4, 0.5) is 26.3 Å². The van der Waals surface area contributed by atoms with Crippen molar-refractivity contribution in [2.24, 2.45) is 11.8 Å². The minimum atomic E-state index is -5.72. The summed E-state index contributed by atoms with van der Waals surface area (Å²) >= 11 is 0. The smallest absolute Gasteiger partial charge is 0.409 e. The molecule has 0 spiro atoms. The molecule has 1 amide bonds. The van der Waals surface area contributed by atoms with E-state index in [2.05, 4.69) is 0 Å². The second kappa shape index (κ2) is 6.10. The molecule has 1 rings (SSSR count). The third kappa shape index (κ3) is 4.78. The maximum atomic E-state index is 12.3. The first-order valence-electron chi connectivity index (χ1n) is 6.09. The highest BCUT2D eigenvalue weighted by atomic mass is 19.4. The highest BCUT2D eigenvalue weighted by Gasteiger charge is 2.61. The van der Waals surface area contributed by atoms with E-state index in [1.807, 2.05) is 0 Å². The van der Waals surface area contributed by atoms with Crippen molar-refractivity contribution in [1.82, 2.24) is 5.32 Å². The van der Waals surface area contributed by atoms with Crippen LogP contribution in [0, 0.1) is 11.8 Å². The Morgan fingerprint density at radius 2 is 1.38 bits per heavy atom. The molecule has 1 fully saturated rings. The number of carboxylic acid groups (broad SMARTS) is 1. The molecule has 0 radical (unpaired) electrons. The SMILES string of the molecule is O=C(O)C1CCC(NC(=O)C(C(F)(F)F)C(F)(F)F)CC1. The summed E-state index contributed by atoms with van der Waals surface area (Å²) in [6.07, 6.45) is -11.2. The summed E-state index contributed by atoms with van der Waals surface area (Å²) in [5, 5.41) is 10.4. The summed E-state index contributed by atoms with van der Waals surface area (Å²) in [5.41, 5.74) is 0. The van der Waals surface area contributed by atoms with Gasteiger partial charge >= 0.3 is 18.3 Å². The van der Waals surface area contributed by atoms with Gasteiger partial charge in [0.25, 0.3) is 0 Å². The van der Waals surface area contributed by atoms with Crippen LogP contribution >= 0.6 is 0 Å². The van der Waals surface area contributed by atoms with Crippen LogP contribution in [0.2, 0.25) is 0 Å². The van der Waals surface area contributed by atoms with Gasteiger partial charge in [0.1, 0.15) is 0 Å². The van der Waals surface area contributed by atoms with Crippen LogP contribution in [-0.4, -0.2) is 35.4 Å². The van der Waals surface area contributed by atoms with Gasteiger partial charge in [-0.25, -0.2) is 0 Å². The van der Waals surface area contributed by atoms with E-state index in [0.717, 1.165) is 0 Å². The normalized spacial score (nSPS) is 24.0. The predicted molar refractivity (Wildman–Crippen MR) is 57.1 cm³/mol. The number of hydrogen-bond acceptors (Lipinski definition) is 2. The molecule has 2 N–H and O–H groups in total. The molecule has 0 saturated heterocycles. The van der Waals surface area contributed by atoms with Gasteiger partial charge in [0.05, 0.1) is 5.92 Å². The van der Waals surface area contributed by atoms with Crippen LogP contribution in [0.3, 0.4) is 0 Å². The highest BCUT2D eigenvalue weighted by molar-refractivity contribution is 5.80. The number of alkyl halides is 6. The number of nitrogens with one attached hydrogen (secondary N) is 1. The second-order valence-corrected chi connectivity index (χ2v) is 4.91. The molecule has 1 saturated carbocycles. The number of carbonyl (C=O) groups is 2. The van der Waals surface area contributed by atoms with Crippen molar-refractivity contribution in [2.75, 3.05) is 0 Å². The molecule has 21 heavy (non-hydrogen) atoms. The van der Waals surface area contributed by atoms with E-state index in [1.54, 1.807) is 5.32 Å². The summed E-state index contributed by atoms with van der Waals surface area (Å²) in [4.78, 5) is 21.9. The molecule has 1 aliphatic rings. The molecule has 1 aliphatic carbocycles. The lowest BCUT2D eigenvalue weighted by molar-refractivity contribution is -0.274. The summed E-state index contributed by atoms with van der Waals surface area (Å²) < 4.78 is 74.0. The van der Waals surface area contributed by atoms with Crippen LogP contribution in [0.15, 0.2) is 0 Å². The lowest BCUT2D eigenvalue weighted by Crippen LogP contribution is -2.51. The van der Waals surface area contributed by atoms with E-state index < -0.39 is 42.1 Å². The Kier molecular flexibility index (Phi) is 5.11. The third-order valence-electron chi connectivity index (χ3n) is 3.34.